The summed E-state index contributed by atoms with van der Waals surface area (Å²) in [6.45, 7) is 1.87. The Kier molecular flexibility index (Phi) is 4.13. The third-order valence-corrected chi connectivity index (χ3v) is 1.74. The van der Waals surface area contributed by atoms with Gasteiger partial charge < -0.3 is 9.84 Å². The molecule has 0 aromatic heterocycles. The van der Waals surface area contributed by atoms with Gasteiger partial charge in [0.25, 0.3) is 0 Å². The Hall–Kier alpha value is -1.35. The van der Waals surface area contributed by atoms with Gasteiger partial charge in [0.1, 0.15) is 18.1 Å². The molecule has 76 valence electrons. The molecule has 0 atom stereocenters. The Morgan fingerprint density at radius 3 is 2.50 bits per heavy atom. The summed E-state index contributed by atoms with van der Waals surface area (Å²) in [6.07, 6.45) is 0.459. The Morgan fingerprint density at radius 2 is 2.00 bits per heavy atom. The van der Waals surface area contributed by atoms with Gasteiger partial charge >= 0.3 is 0 Å². The summed E-state index contributed by atoms with van der Waals surface area (Å²) in [7, 11) is 0. The molecule has 0 aliphatic rings. The number of Topliss-reactive ketones (excluding diaryl/α,β-unsaturated/α-hetero) is 1. The molecule has 3 heteroatoms. The summed E-state index contributed by atoms with van der Waals surface area (Å²) < 4.78 is 5.18. The number of hydrogen-bond acceptors (Lipinski definition) is 3. The molecule has 0 fully saturated rings. The molecule has 0 bridgehead atoms. The number of ketones is 1. The lowest BCUT2D eigenvalue weighted by Gasteiger charge is -2.04. The topological polar surface area (TPSA) is 46.5 Å². The minimum atomic E-state index is 0.00912. The van der Waals surface area contributed by atoms with Gasteiger partial charge in [-0.25, -0.2) is 0 Å². The standard InChI is InChI=1S/C11H14O3/c1-9(13)8-10-2-4-11(5-3-10)14-7-6-12/h2-5,12H,6-8H2,1H3. The monoisotopic (exact) mass is 194 g/mol. The lowest BCUT2D eigenvalue weighted by Crippen LogP contribution is -2.02. The molecule has 0 radical (unpaired) electrons. The van der Waals surface area contributed by atoms with Crippen LogP contribution in [0.25, 0.3) is 0 Å². The van der Waals surface area contributed by atoms with Crippen molar-refractivity contribution in [2.75, 3.05) is 13.2 Å². The van der Waals surface area contributed by atoms with Crippen molar-refractivity contribution >= 4 is 5.78 Å². The van der Waals surface area contributed by atoms with Gasteiger partial charge in [-0.3, -0.25) is 4.79 Å². The van der Waals surface area contributed by atoms with Crippen LogP contribution in [0.1, 0.15) is 12.5 Å². The quantitative estimate of drug-likeness (QED) is 0.765. The van der Waals surface area contributed by atoms with Gasteiger partial charge in [0.15, 0.2) is 0 Å². The fraction of sp³-hybridized carbons (Fsp3) is 0.364. The number of ether oxygens (including phenoxy) is 1. The SMILES string of the molecule is CC(=O)Cc1ccc(OCCO)cc1. The van der Waals surface area contributed by atoms with Crippen molar-refractivity contribution in [3.63, 3.8) is 0 Å². The minimum Gasteiger partial charge on any atom is -0.491 e. The zero-order valence-electron chi connectivity index (χ0n) is 8.19. The predicted octanol–water partition coefficient (Wildman–Crippen LogP) is 1.19. The number of aliphatic hydroxyl groups excluding tert-OH is 1. The number of carbonyl (C=O) groups is 1. The van der Waals surface area contributed by atoms with Crippen LogP contribution >= 0.6 is 0 Å². The van der Waals surface area contributed by atoms with Crippen LogP contribution in [0.3, 0.4) is 0 Å². The Morgan fingerprint density at radius 1 is 1.36 bits per heavy atom. The van der Waals surface area contributed by atoms with Crippen molar-refractivity contribution in [3.8, 4) is 5.75 Å². The van der Waals surface area contributed by atoms with Gasteiger partial charge in [-0.15, -0.1) is 0 Å². The van der Waals surface area contributed by atoms with Gasteiger partial charge in [-0.05, 0) is 24.6 Å². The Labute approximate surface area is 83.3 Å². The molecule has 0 amide bonds. The van der Waals surface area contributed by atoms with E-state index in [2.05, 4.69) is 0 Å². The zero-order chi connectivity index (χ0) is 10.4. The van der Waals surface area contributed by atoms with Gasteiger partial charge in [0.05, 0.1) is 6.61 Å². The fourth-order valence-corrected chi connectivity index (χ4v) is 1.15. The van der Waals surface area contributed by atoms with E-state index in [1.54, 1.807) is 19.1 Å². The van der Waals surface area contributed by atoms with E-state index in [4.69, 9.17) is 9.84 Å². The van der Waals surface area contributed by atoms with Crippen LogP contribution in [-0.4, -0.2) is 24.1 Å². The van der Waals surface area contributed by atoms with Crippen LogP contribution in [0.15, 0.2) is 24.3 Å². The number of benzene rings is 1. The van der Waals surface area contributed by atoms with Crippen molar-refractivity contribution < 1.29 is 14.6 Å². The smallest absolute Gasteiger partial charge is 0.134 e. The van der Waals surface area contributed by atoms with E-state index in [9.17, 15) is 4.79 Å². The summed E-state index contributed by atoms with van der Waals surface area (Å²) in [5.74, 6) is 0.861. The van der Waals surface area contributed by atoms with Crippen LogP contribution in [0.4, 0.5) is 0 Å². The molecule has 0 spiro atoms. The second-order valence-corrected chi connectivity index (χ2v) is 3.09. The first kappa shape index (κ1) is 10.7. The van der Waals surface area contributed by atoms with E-state index in [1.807, 2.05) is 12.1 Å². The molecule has 1 N–H and O–H groups in total. The molecular formula is C11H14O3. The lowest BCUT2D eigenvalue weighted by atomic mass is 10.1. The molecule has 0 aliphatic heterocycles. The molecule has 14 heavy (non-hydrogen) atoms. The van der Waals surface area contributed by atoms with Crippen molar-refractivity contribution in [2.24, 2.45) is 0 Å². The second kappa shape index (κ2) is 5.40. The molecule has 0 unspecified atom stereocenters. The maximum absolute atomic E-state index is 10.8. The summed E-state index contributed by atoms with van der Waals surface area (Å²) in [5, 5.41) is 8.53. The first-order chi connectivity index (χ1) is 6.72. The summed E-state index contributed by atoms with van der Waals surface area (Å²) in [5.41, 5.74) is 0.980. The number of carbonyl (C=O) groups excluding carboxylic acids is 1. The zero-order valence-corrected chi connectivity index (χ0v) is 8.19. The average Bonchev–Trinajstić information content (AvgIpc) is 2.16. The predicted molar refractivity (Wildman–Crippen MR) is 53.4 cm³/mol. The van der Waals surface area contributed by atoms with Gasteiger partial charge in [0.2, 0.25) is 0 Å². The summed E-state index contributed by atoms with van der Waals surface area (Å²) in [4.78, 5) is 10.8. The normalized spacial score (nSPS) is 9.86. The molecular weight excluding hydrogens is 180 g/mol. The van der Waals surface area contributed by atoms with Crippen LogP contribution in [0.2, 0.25) is 0 Å². The van der Waals surface area contributed by atoms with Crippen molar-refractivity contribution in [3.05, 3.63) is 29.8 Å². The maximum atomic E-state index is 10.8. The number of aliphatic hydroxyl groups is 1. The van der Waals surface area contributed by atoms with Gasteiger partial charge in [-0.2, -0.15) is 0 Å². The summed E-state index contributed by atoms with van der Waals surface area (Å²) >= 11 is 0. The lowest BCUT2D eigenvalue weighted by molar-refractivity contribution is -0.116. The van der Waals surface area contributed by atoms with Crippen molar-refractivity contribution in [1.82, 2.24) is 0 Å². The fourth-order valence-electron chi connectivity index (χ4n) is 1.15. The molecule has 0 aliphatic carbocycles. The maximum Gasteiger partial charge on any atom is 0.134 e. The van der Waals surface area contributed by atoms with E-state index < -0.39 is 0 Å². The molecule has 1 aromatic rings. The second-order valence-electron chi connectivity index (χ2n) is 3.09. The Balaban J connectivity index is 2.54. The highest BCUT2D eigenvalue weighted by molar-refractivity contribution is 5.78. The third-order valence-electron chi connectivity index (χ3n) is 1.74. The molecule has 0 saturated carbocycles. The number of rotatable bonds is 5. The minimum absolute atomic E-state index is 0.00912. The molecule has 1 aromatic carbocycles. The first-order valence-electron chi connectivity index (χ1n) is 4.54. The van der Waals surface area contributed by atoms with E-state index in [-0.39, 0.29) is 12.4 Å². The highest BCUT2D eigenvalue weighted by Gasteiger charge is 1.98. The third kappa shape index (κ3) is 3.58. The highest BCUT2D eigenvalue weighted by atomic mass is 16.5. The molecule has 3 nitrogen and oxygen atoms in total. The molecule has 1 rings (SSSR count). The van der Waals surface area contributed by atoms with E-state index in [0.717, 1.165) is 5.56 Å². The van der Waals surface area contributed by atoms with Crippen LogP contribution in [-0.2, 0) is 11.2 Å². The molecule has 0 saturated heterocycles. The van der Waals surface area contributed by atoms with E-state index >= 15 is 0 Å². The van der Waals surface area contributed by atoms with Crippen molar-refractivity contribution in [2.45, 2.75) is 13.3 Å². The first-order valence-corrected chi connectivity index (χ1v) is 4.54. The van der Waals surface area contributed by atoms with Gasteiger partial charge in [0, 0.05) is 6.42 Å². The molecule has 0 heterocycles. The largest absolute Gasteiger partial charge is 0.491 e. The van der Waals surface area contributed by atoms with Crippen LogP contribution < -0.4 is 4.74 Å². The van der Waals surface area contributed by atoms with Crippen LogP contribution in [0.5, 0.6) is 5.75 Å². The van der Waals surface area contributed by atoms with E-state index in [0.29, 0.717) is 18.8 Å². The van der Waals surface area contributed by atoms with E-state index in [1.165, 1.54) is 0 Å². The van der Waals surface area contributed by atoms with Gasteiger partial charge in [-0.1, -0.05) is 12.1 Å². The van der Waals surface area contributed by atoms with Crippen LogP contribution in [0, 0.1) is 0 Å². The highest BCUT2D eigenvalue weighted by Crippen LogP contribution is 2.12. The summed E-state index contributed by atoms with van der Waals surface area (Å²) in [6, 6.07) is 7.31. The average molecular weight is 194 g/mol. The Bertz CT molecular complexity index is 290. The number of hydrogen-bond donors (Lipinski definition) is 1. The van der Waals surface area contributed by atoms with Crippen molar-refractivity contribution in [1.29, 1.82) is 0 Å².